The molecule has 0 aromatic heterocycles. The number of halogens is 2. The standard InChI is InChI=1S/2C11H9.C7H8Ge.2ClH.Zr/c2*1-2-6-10(7-3-1)11-8-4-5-9-11;1-8-7-5-3-2-4-6-7;;;/h2*1-9H;2-6H,1H3;2*1H;/q2*-1;;;;+2/p-2. The molecule has 5 aromatic carbocycles. The van der Waals surface area contributed by atoms with Gasteiger partial charge in [0, 0.05) is 0 Å². The van der Waals surface area contributed by atoms with Gasteiger partial charge in [0.1, 0.15) is 0 Å². The monoisotopic (exact) mass is 608 g/mol. The van der Waals surface area contributed by atoms with Crippen LogP contribution in [-0.2, 0) is 16.2 Å². The number of rotatable bonds is 3. The molecule has 166 valence electrons. The van der Waals surface area contributed by atoms with Crippen LogP contribution in [0.1, 0.15) is 0 Å². The Labute approximate surface area is 213 Å². The van der Waals surface area contributed by atoms with Crippen molar-refractivity contribution in [2.45, 2.75) is 5.76 Å². The van der Waals surface area contributed by atoms with Gasteiger partial charge in [-0.3, -0.25) is 0 Å². The van der Waals surface area contributed by atoms with E-state index in [1.54, 1.807) is 0 Å². The Hall–Kier alpha value is -1.63. The molecule has 0 unspecified atom stereocenters. The summed E-state index contributed by atoms with van der Waals surface area (Å²) in [6.45, 7) is 0. The average Bonchev–Trinajstić information content (AvgIpc) is 3.61. The first-order valence-electron chi connectivity index (χ1n) is 10.8. The fraction of sp³-hybridized carbons (Fsp3) is 0.0345. The van der Waals surface area contributed by atoms with E-state index in [-0.39, 0.29) is 0 Å². The van der Waals surface area contributed by atoms with E-state index >= 15 is 0 Å². The first-order chi connectivity index (χ1) is 16.1. The van der Waals surface area contributed by atoms with Crippen molar-refractivity contribution < 1.29 is 16.2 Å². The number of benzene rings is 3. The third-order valence-electron chi connectivity index (χ3n) is 5.03. The Morgan fingerprint density at radius 3 is 1.27 bits per heavy atom. The molecule has 5 rings (SSSR count). The molecule has 4 heteroatoms. The van der Waals surface area contributed by atoms with Gasteiger partial charge in [-0.15, -0.1) is 0 Å². The molecule has 0 nitrogen and oxygen atoms in total. The molecule has 0 spiro atoms. The topological polar surface area (TPSA) is 0 Å². The molecule has 0 aliphatic heterocycles. The molecule has 5 aromatic rings. The fourth-order valence-corrected chi connectivity index (χ4v) is 16.7. The fourth-order valence-electron chi connectivity index (χ4n) is 3.19. The third kappa shape index (κ3) is 8.91. The first kappa shape index (κ1) is 26.0. The summed E-state index contributed by atoms with van der Waals surface area (Å²) >= 11 is -1.89. The molecule has 0 radical (unpaired) electrons. The Bertz CT molecular complexity index is 1130. The second-order valence-electron chi connectivity index (χ2n) is 7.33. The van der Waals surface area contributed by atoms with E-state index in [4.69, 9.17) is 17.0 Å². The van der Waals surface area contributed by atoms with Crippen LogP contribution in [0.3, 0.4) is 0 Å². The van der Waals surface area contributed by atoms with Crippen molar-refractivity contribution in [2.75, 3.05) is 0 Å². The molecular formula is C29H26Cl2GeZr-2. The molecule has 0 heterocycles. The second-order valence-corrected chi connectivity index (χ2v) is 41.7. The normalized spacial score (nSPS) is 9.67. The zero-order valence-corrected chi connectivity index (χ0v) is 24.6. The molecule has 0 atom stereocenters. The molecule has 0 amide bonds. The van der Waals surface area contributed by atoms with Crippen LogP contribution in [0.4, 0.5) is 0 Å². The Balaban J connectivity index is 0.000000139. The minimum atomic E-state index is -1.89. The molecule has 0 aliphatic carbocycles. The van der Waals surface area contributed by atoms with Crippen LogP contribution in [0.5, 0.6) is 0 Å². The molecular weight excluding hydrogens is 583 g/mol. The van der Waals surface area contributed by atoms with Crippen LogP contribution in [0.2, 0.25) is 5.76 Å². The summed E-state index contributed by atoms with van der Waals surface area (Å²) in [5, 5.41) is 0. The average molecular weight is 609 g/mol. The van der Waals surface area contributed by atoms with E-state index in [1.807, 2.05) is 18.2 Å². The van der Waals surface area contributed by atoms with E-state index in [0.717, 1.165) is 0 Å². The summed E-state index contributed by atoms with van der Waals surface area (Å²) in [7, 11) is 10.8. The summed E-state index contributed by atoms with van der Waals surface area (Å²) in [5.74, 6) is 2.27. The smallest absolute Gasteiger partial charge is 0.0623 e. The minimum absolute atomic E-state index is 1.17. The van der Waals surface area contributed by atoms with Crippen LogP contribution in [0.15, 0.2) is 140 Å². The van der Waals surface area contributed by atoms with Gasteiger partial charge in [-0.25, -0.2) is 12.1 Å². The SMILES string of the molecule is [CH3][Ge]([c]1ccccc1)=[Zr]([Cl])[Cl].c1ccc(-c2cc[cH-]c2)cc1.c1ccc(-c2cc[cH-]c2)cc1. The summed E-state index contributed by atoms with van der Waals surface area (Å²) in [4.78, 5) is 0. The molecule has 0 aliphatic rings. The maximum Gasteiger partial charge on any atom is -0.0623 e. The predicted molar refractivity (Wildman–Crippen MR) is 144 cm³/mol. The van der Waals surface area contributed by atoms with Gasteiger partial charge < -0.3 is 0 Å². The van der Waals surface area contributed by atoms with Gasteiger partial charge >= 0.3 is 83.7 Å². The molecule has 0 N–H and O–H groups in total. The van der Waals surface area contributed by atoms with Crippen molar-refractivity contribution in [3.63, 3.8) is 0 Å². The van der Waals surface area contributed by atoms with E-state index in [9.17, 15) is 0 Å². The zero-order chi connectivity index (χ0) is 23.3. The van der Waals surface area contributed by atoms with Crippen molar-refractivity contribution in [1.82, 2.24) is 0 Å². The quantitative estimate of drug-likeness (QED) is 0.142. The van der Waals surface area contributed by atoms with Gasteiger partial charge in [-0.05, 0) is 0 Å². The van der Waals surface area contributed by atoms with Crippen LogP contribution >= 0.6 is 17.0 Å². The van der Waals surface area contributed by atoms with E-state index in [2.05, 4.69) is 127 Å². The molecule has 33 heavy (non-hydrogen) atoms. The first-order valence-corrected chi connectivity index (χ1v) is 27.7. The zero-order valence-electron chi connectivity index (χ0n) is 18.5. The Morgan fingerprint density at radius 1 is 0.545 bits per heavy atom. The summed E-state index contributed by atoms with van der Waals surface area (Å²) in [6.07, 6.45) is 0. The van der Waals surface area contributed by atoms with Gasteiger partial charge in [-0.2, -0.15) is 47.5 Å². The molecule has 0 saturated heterocycles. The van der Waals surface area contributed by atoms with Crippen LogP contribution in [0.25, 0.3) is 22.3 Å². The van der Waals surface area contributed by atoms with Crippen molar-refractivity contribution >= 4 is 31.4 Å². The maximum atomic E-state index is 6.00. The second kappa shape index (κ2) is 14.6. The van der Waals surface area contributed by atoms with Crippen LogP contribution in [-0.4, -0.2) is 9.98 Å². The van der Waals surface area contributed by atoms with Gasteiger partial charge in [0.2, 0.25) is 0 Å². The van der Waals surface area contributed by atoms with Gasteiger partial charge in [0.15, 0.2) is 0 Å². The Morgan fingerprint density at radius 2 is 0.939 bits per heavy atom. The number of hydrogen-bond acceptors (Lipinski definition) is 0. The van der Waals surface area contributed by atoms with E-state index in [1.165, 1.54) is 26.6 Å². The van der Waals surface area contributed by atoms with Gasteiger partial charge in [0.05, 0.1) is 0 Å². The Kier molecular flexibility index (Phi) is 11.5. The minimum Gasteiger partial charge on any atom is -0.206 e. The largest absolute Gasteiger partial charge is 0.206 e. The van der Waals surface area contributed by atoms with Gasteiger partial charge in [-0.1, -0.05) is 71.8 Å². The third-order valence-corrected chi connectivity index (χ3v) is 37.1. The molecule has 0 bridgehead atoms. The number of hydrogen-bond donors (Lipinski definition) is 0. The maximum absolute atomic E-state index is 6.00. The van der Waals surface area contributed by atoms with Crippen molar-refractivity contribution in [3.05, 3.63) is 140 Å². The van der Waals surface area contributed by atoms with Crippen molar-refractivity contribution in [2.24, 2.45) is 0 Å². The van der Waals surface area contributed by atoms with Crippen molar-refractivity contribution in [1.29, 1.82) is 0 Å². The van der Waals surface area contributed by atoms with E-state index in [0.29, 0.717) is 0 Å². The molecule has 0 fully saturated rings. The van der Waals surface area contributed by atoms with Crippen LogP contribution < -0.4 is 4.40 Å². The van der Waals surface area contributed by atoms with Crippen LogP contribution in [0, 0.1) is 0 Å². The van der Waals surface area contributed by atoms with Gasteiger partial charge in [0.25, 0.3) is 0 Å². The predicted octanol–water partition coefficient (Wildman–Crippen LogP) is 8.59. The van der Waals surface area contributed by atoms with Crippen molar-refractivity contribution in [3.8, 4) is 22.3 Å². The summed E-state index contributed by atoms with van der Waals surface area (Å²) in [6, 6.07) is 48.0. The summed E-state index contributed by atoms with van der Waals surface area (Å²) in [5.41, 5.74) is 5.17. The summed E-state index contributed by atoms with van der Waals surface area (Å²) < 4.78 is 1.44. The molecule has 0 saturated carbocycles. The van der Waals surface area contributed by atoms with E-state index < -0.39 is 26.2 Å².